The number of hydrogen-bond donors (Lipinski definition) is 1. The molecule has 2 aromatic carbocycles. The van der Waals surface area contributed by atoms with Gasteiger partial charge in [-0.05, 0) is 36.6 Å². The van der Waals surface area contributed by atoms with Crippen molar-refractivity contribution in [3.05, 3.63) is 48.5 Å². The first-order chi connectivity index (χ1) is 12.0. The van der Waals surface area contributed by atoms with Crippen molar-refractivity contribution in [2.75, 3.05) is 17.3 Å². The van der Waals surface area contributed by atoms with Crippen LogP contribution in [0.15, 0.2) is 58.3 Å². The zero-order valence-electron chi connectivity index (χ0n) is 13.4. The zero-order valence-corrected chi connectivity index (χ0v) is 15.9. The van der Waals surface area contributed by atoms with Crippen LogP contribution in [0.2, 0.25) is 0 Å². The van der Waals surface area contributed by atoms with Crippen LogP contribution in [0.1, 0.15) is 6.42 Å². The van der Waals surface area contributed by atoms with Gasteiger partial charge in [0.2, 0.25) is 5.91 Å². The number of amides is 1. The number of nitrogens with zero attached hydrogens (tertiary/aromatic N) is 1. The molecule has 0 atom stereocenters. The molecule has 1 aromatic heterocycles. The number of hydrogen-bond acceptors (Lipinski definition) is 6. The van der Waals surface area contributed by atoms with Crippen molar-refractivity contribution in [3.63, 3.8) is 0 Å². The summed E-state index contributed by atoms with van der Waals surface area (Å²) in [6.45, 7) is 0. The molecule has 0 bridgehead atoms. The van der Waals surface area contributed by atoms with E-state index < -0.39 is 9.84 Å². The molecule has 8 heteroatoms. The highest BCUT2D eigenvalue weighted by Gasteiger charge is 2.17. The van der Waals surface area contributed by atoms with Crippen LogP contribution in [-0.4, -0.2) is 31.3 Å². The number of rotatable bonds is 6. The lowest BCUT2D eigenvalue weighted by atomic mass is 10.3. The summed E-state index contributed by atoms with van der Waals surface area (Å²) in [6, 6.07) is 14.1. The van der Waals surface area contributed by atoms with E-state index in [0.717, 1.165) is 15.1 Å². The summed E-state index contributed by atoms with van der Waals surface area (Å²) >= 11 is 3.02. The van der Waals surface area contributed by atoms with E-state index in [1.165, 1.54) is 23.5 Å². The summed E-state index contributed by atoms with van der Waals surface area (Å²) in [5, 5.41) is 3.17. The molecule has 1 amide bonds. The van der Waals surface area contributed by atoms with Crippen molar-refractivity contribution in [1.82, 2.24) is 4.98 Å². The summed E-state index contributed by atoms with van der Waals surface area (Å²) in [5.74, 6) is -0.590. The summed E-state index contributed by atoms with van der Waals surface area (Å²) < 4.78 is 25.4. The molecule has 3 aromatic rings. The van der Waals surface area contributed by atoms with E-state index in [1.807, 2.05) is 24.5 Å². The fourth-order valence-electron chi connectivity index (χ4n) is 2.24. The Morgan fingerprint density at radius 3 is 2.68 bits per heavy atom. The van der Waals surface area contributed by atoms with Crippen molar-refractivity contribution in [2.45, 2.75) is 16.2 Å². The van der Waals surface area contributed by atoms with Crippen LogP contribution in [0.4, 0.5) is 5.13 Å². The van der Waals surface area contributed by atoms with Crippen LogP contribution in [0, 0.1) is 0 Å². The van der Waals surface area contributed by atoms with Crippen molar-refractivity contribution in [1.29, 1.82) is 0 Å². The molecule has 0 radical (unpaired) electrons. The van der Waals surface area contributed by atoms with Crippen LogP contribution < -0.4 is 5.32 Å². The maximum Gasteiger partial charge on any atom is 0.227 e. The number of thiazole rings is 1. The SMILES string of the molecule is CSc1ccc2nc(NC(=O)CCS(=O)(=O)c3ccccc3)sc2c1. The van der Waals surface area contributed by atoms with Gasteiger partial charge in [-0.25, -0.2) is 13.4 Å². The quantitative estimate of drug-likeness (QED) is 0.646. The summed E-state index contributed by atoms with van der Waals surface area (Å²) in [6.07, 6.45) is 1.89. The average molecular weight is 393 g/mol. The van der Waals surface area contributed by atoms with Crippen LogP contribution in [-0.2, 0) is 14.6 Å². The lowest BCUT2D eigenvalue weighted by Crippen LogP contribution is -2.17. The van der Waals surface area contributed by atoms with E-state index >= 15 is 0 Å². The van der Waals surface area contributed by atoms with Gasteiger partial charge in [-0.3, -0.25) is 4.79 Å². The smallest absolute Gasteiger partial charge is 0.227 e. The molecule has 25 heavy (non-hydrogen) atoms. The number of carbonyl (C=O) groups excluding carboxylic acids is 1. The van der Waals surface area contributed by atoms with Crippen LogP contribution in [0.3, 0.4) is 0 Å². The topological polar surface area (TPSA) is 76.1 Å². The summed E-state index contributed by atoms with van der Waals surface area (Å²) in [4.78, 5) is 17.8. The van der Waals surface area contributed by atoms with E-state index in [9.17, 15) is 13.2 Å². The molecule has 0 fully saturated rings. The van der Waals surface area contributed by atoms with Crippen LogP contribution in [0.25, 0.3) is 10.2 Å². The molecule has 0 saturated carbocycles. The lowest BCUT2D eigenvalue weighted by molar-refractivity contribution is -0.115. The highest BCUT2D eigenvalue weighted by Crippen LogP contribution is 2.29. The fraction of sp³-hybridized carbons (Fsp3) is 0.176. The van der Waals surface area contributed by atoms with Gasteiger partial charge in [0.25, 0.3) is 0 Å². The number of anilines is 1. The second-order valence-electron chi connectivity index (χ2n) is 5.28. The minimum Gasteiger partial charge on any atom is -0.302 e. The van der Waals surface area contributed by atoms with Crippen molar-refractivity contribution < 1.29 is 13.2 Å². The van der Waals surface area contributed by atoms with Crippen molar-refractivity contribution in [3.8, 4) is 0 Å². The average Bonchev–Trinajstić information content (AvgIpc) is 3.02. The molecule has 1 N–H and O–H groups in total. The molecule has 0 unspecified atom stereocenters. The van der Waals surface area contributed by atoms with Gasteiger partial charge < -0.3 is 5.32 Å². The van der Waals surface area contributed by atoms with Gasteiger partial charge >= 0.3 is 0 Å². The first-order valence-electron chi connectivity index (χ1n) is 7.50. The largest absolute Gasteiger partial charge is 0.302 e. The molecule has 5 nitrogen and oxygen atoms in total. The number of thioether (sulfide) groups is 1. The van der Waals surface area contributed by atoms with E-state index in [4.69, 9.17) is 0 Å². The molecule has 1 heterocycles. The Morgan fingerprint density at radius 2 is 1.96 bits per heavy atom. The maximum absolute atomic E-state index is 12.2. The number of nitrogens with one attached hydrogen (secondary N) is 1. The molecule has 130 valence electrons. The van der Waals surface area contributed by atoms with Gasteiger partial charge in [0.15, 0.2) is 15.0 Å². The zero-order chi connectivity index (χ0) is 17.9. The Labute approximate surface area is 154 Å². The minimum atomic E-state index is -3.46. The van der Waals surface area contributed by atoms with E-state index in [1.54, 1.807) is 30.0 Å². The monoisotopic (exact) mass is 392 g/mol. The Hall–Kier alpha value is -1.90. The molecule has 0 spiro atoms. The third-order valence-electron chi connectivity index (χ3n) is 3.54. The predicted octanol–water partition coefficient (Wildman–Crippen LogP) is 3.82. The second kappa shape index (κ2) is 7.55. The van der Waals surface area contributed by atoms with E-state index in [-0.39, 0.29) is 23.0 Å². The van der Waals surface area contributed by atoms with Crippen LogP contribution >= 0.6 is 23.1 Å². The van der Waals surface area contributed by atoms with Gasteiger partial charge in [0.1, 0.15) is 0 Å². The Kier molecular flexibility index (Phi) is 5.41. The Balaban J connectivity index is 1.65. The standard InChI is InChI=1S/C17H16N2O3S3/c1-23-12-7-8-14-15(11-12)24-17(18-14)19-16(20)9-10-25(21,22)13-5-3-2-4-6-13/h2-8,11H,9-10H2,1H3,(H,18,19,20). The number of benzene rings is 2. The van der Waals surface area contributed by atoms with Gasteiger partial charge in [-0.2, -0.15) is 0 Å². The van der Waals surface area contributed by atoms with Gasteiger partial charge in [0.05, 0.1) is 20.9 Å². The highest BCUT2D eigenvalue weighted by molar-refractivity contribution is 7.98. The molecule has 0 aliphatic heterocycles. The predicted molar refractivity (Wildman–Crippen MR) is 103 cm³/mol. The number of aromatic nitrogens is 1. The molecule has 3 rings (SSSR count). The molecule has 0 aliphatic rings. The summed E-state index contributed by atoms with van der Waals surface area (Å²) in [7, 11) is -3.46. The van der Waals surface area contributed by atoms with Crippen molar-refractivity contribution >= 4 is 54.2 Å². The number of fused-ring (bicyclic) bond motifs is 1. The normalized spacial score (nSPS) is 11.6. The van der Waals surface area contributed by atoms with E-state index in [0.29, 0.717) is 5.13 Å². The van der Waals surface area contributed by atoms with Gasteiger partial charge in [-0.15, -0.1) is 11.8 Å². The van der Waals surface area contributed by atoms with Crippen molar-refractivity contribution in [2.24, 2.45) is 0 Å². The van der Waals surface area contributed by atoms with E-state index in [2.05, 4.69) is 10.3 Å². The number of sulfone groups is 1. The molecule has 0 saturated heterocycles. The van der Waals surface area contributed by atoms with Gasteiger partial charge in [0, 0.05) is 11.3 Å². The number of carbonyl (C=O) groups is 1. The molecular formula is C17H16N2O3S3. The Bertz CT molecular complexity index is 998. The lowest BCUT2D eigenvalue weighted by Gasteiger charge is -2.04. The third-order valence-corrected chi connectivity index (χ3v) is 6.93. The fourth-order valence-corrected chi connectivity index (χ4v) is 4.94. The highest BCUT2D eigenvalue weighted by atomic mass is 32.2. The maximum atomic E-state index is 12.2. The second-order valence-corrected chi connectivity index (χ2v) is 9.30. The third kappa shape index (κ3) is 4.39. The Morgan fingerprint density at radius 1 is 1.20 bits per heavy atom. The van der Waals surface area contributed by atoms with Gasteiger partial charge in [-0.1, -0.05) is 29.5 Å². The van der Waals surface area contributed by atoms with Crippen LogP contribution in [0.5, 0.6) is 0 Å². The summed E-state index contributed by atoms with van der Waals surface area (Å²) in [5.41, 5.74) is 0.815. The first kappa shape index (κ1) is 17.9. The molecule has 0 aliphatic carbocycles. The molecular weight excluding hydrogens is 376 g/mol. The minimum absolute atomic E-state index is 0.108. The first-order valence-corrected chi connectivity index (χ1v) is 11.2.